The number of anilines is 1. The molecule has 0 aliphatic heterocycles. The number of rotatable bonds is 4. The molecule has 0 aliphatic carbocycles. The molecule has 0 bridgehead atoms. The first-order chi connectivity index (χ1) is 9.60. The maximum atomic E-state index is 5.88. The first kappa shape index (κ1) is 17.4. The summed E-state index contributed by atoms with van der Waals surface area (Å²) >= 11 is 0. The highest BCUT2D eigenvalue weighted by molar-refractivity contribution is 14.0. The highest BCUT2D eigenvalue weighted by Gasteiger charge is 2.02. The zero-order chi connectivity index (χ0) is 14.5. The number of benzene rings is 1. The van der Waals surface area contributed by atoms with Crippen LogP contribution < -0.4 is 11.1 Å². The highest BCUT2D eigenvalue weighted by Crippen LogP contribution is 2.13. The van der Waals surface area contributed by atoms with E-state index in [4.69, 9.17) is 5.73 Å². The Morgan fingerprint density at radius 2 is 2.10 bits per heavy atom. The second kappa shape index (κ2) is 7.96. The van der Waals surface area contributed by atoms with E-state index in [9.17, 15) is 0 Å². The molecule has 1 heterocycles. The summed E-state index contributed by atoms with van der Waals surface area (Å²) in [6.07, 6.45) is 1.53. The van der Waals surface area contributed by atoms with E-state index in [-0.39, 0.29) is 24.0 Å². The van der Waals surface area contributed by atoms with Gasteiger partial charge in [-0.25, -0.2) is 14.7 Å². The van der Waals surface area contributed by atoms with Crippen LogP contribution in [0.2, 0.25) is 0 Å². The lowest BCUT2D eigenvalue weighted by Gasteiger charge is -2.08. The number of nitrogens with one attached hydrogen (secondary N) is 1. The molecule has 114 valence electrons. The zero-order valence-corrected chi connectivity index (χ0v) is 14.8. The Hall–Kier alpha value is -1.64. The second-order valence-corrected chi connectivity index (χ2v) is 4.62. The van der Waals surface area contributed by atoms with Crippen LogP contribution in [0, 0.1) is 13.8 Å². The van der Waals surface area contributed by atoms with Crippen molar-refractivity contribution in [2.75, 3.05) is 5.32 Å². The van der Waals surface area contributed by atoms with Gasteiger partial charge in [0.1, 0.15) is 18.7 Å². The Morgan fingerprint density at radius 3 is 2.76 bits per heavy atom. The molecule has 0 radical (unpaired) electrons. The average Bonchev–Trinajstić information content (AvgIpc) is 2.88. The summed E-state index contributed by atoms with van der Waals surface area (Å²) in [5.74, 6) is 1.18. The molecule has 1 aromatic heterocycles. The van der Waals surface area contributed by atoms with Gasteiger partial charge in [-0.15, -0.1) is 24.0 Å². The molecule has 6 nitrogen and oxygen atoms in total. The van der Waals surface area contributed by atoms with Crippen LogP contribution in [0.5, 0.6) is 0 Å². The van der Waals surface area contributed by atoms with Gasteiger partial charge in [0.05, 0.1) is 0 Å². The average molecular weight is 400 g/mol. The molecule has 0 fully saturated rings. The summed E-state index contributed by atoms with van der Waals surface area (Å²) < 4.78 is 1.80. The number of halogens is 1. The monoisotopic (exact) mass is 400 g/mol. The summed E-state index contributed by atoms with van der Waals surface area (Å²) in [5, 5.41) is 7.17. The van der Waals surface area contributed by atoms with Gasteiger partial charge in [-0.3, -0.25) is 0 Å². The van der Waals surface area contributed by atoms with Crippen LogP contribution in [0.15, 0.2) is 29.5 Å². The number of aliphatic imine (C=N–C) groups is 1. The molecule has 0 saturated carbocycles. The largest absolute Gasteiger partial charge is 0.370 e. The third-order valence-electron chi connectivity index (χ3n) is 3.17. The predicted octanol–water partition coefficient (Wildman–Crippen LogP) is 2.46. The lowest BCUT2D eigenvalue weighted by Crippen LogP contribution is -2.23. The van der Waals surface area contributed by atoms with E-state index in [2.05, 4.69) is 40.3 Å². The molecule has 0 saturated heterocycles. The minimum absolute atomic E-state index is 0. The molecule has 2 aromatic rings. The van der Waals surface area contributed by atoms with E-state index >= 15 is 0 Å². The van der Waals surface area contributed by atoms with Crippen molar-refractivity contribution in [1.29, 1.82) is 0 Å². The Kier molecular flexibility index (Phi) is 6.60. The van der Waals surface area contributed by atoms with Gasteiger partial charge in [-0.05, 0) is 44.0 Å². The Morgan fingerprint density at radius 1 is 1.33 bits per heavy atom. The van der Waals surface area contributed by atoms with Crippen molar-refractivity contribution in [3.05, 3.63) is 41.5 Å². The Labute approximate surface area is 141 Å². The maximum absolute atomic E-state index is 5.88. The SMILES string of the molecule is CCn1ncnc1CN=C(N)Nc1ccc(C)c(C)c1.I. The molecule has 3 N–H and O–H groups in total. The van der Waals surface area contributed by atoms with Crippen LogP contribution in [0.3, 0.4) is 0 Å². The van der Waals surface area contributed by atoms with Gasteiger partial charge in [-0.1, -0.05) is 6.07 Å². The molecular weight excluding hydrogens is 379 g/mol. The Bertz CT molecular complexity index is 620. The van der Waals surface area contributed by atoms with E-state index in [0.29, 0.717) is 12.5 Å². The molecule has 0 aliphatic rings. The smallest absolute Gasteiger partial charge is 0.193 e. The van der Waals surface area contributed by atoms with Crippen molar-refractivity contribution in [2.24, 2.45) is 10.7 Å². The van der Waals surface area contributed by atoms with Gasteiger partial charge < -0.3 is 11.1 Å². The van der Waals surface area contributed by atoms with Gasteiger partial charge in [0.15, 0.2) is 5.96 Å². The number of aromatic nitrogens is 3. The summed E-state index contributed by atoms with van der Waals surface area (Å²) in [5.41, 5.74) is 9.29. The van der Waals surface area contributed by atoms with Gasteiger partial charge in [0.2, 0.25) is 0 Å². The number of nitrogens with two attached hydrogens (primary N) is 1. The van der Waals surface area contributed by atoms with Gasteiger partial charge in [-0.2, -0.15) is 5.10 Å². The number of hydrogen-bond acceptors (Lipinski definition) is 3. The van der Waals surface area contributed by atoms with Crippen molar-refractivity contribution >= 4 is 35.6 Å². The molecule has 0 amide bonds. The van der Waals surface area contributed by atoms with Crippen LogP contribution >= 0.6 is 24.0 Å². The van der Waals surface area contributed by atoms with Crippen LogP contribution in [0.25, 0.3) is 0 Å². The lowest BCUT2D eigenvalue weighted by atomic mass is 10.1. The first-order valence-corrected chi connectivity index (χ1v) is 6.61. The van der Waals surface area contributed by atoms with Crippen molar-refractivity contribution in [3.8, 4) is 0 Å². The molecule has 0 atom stereocenters. The molecule has 1 aromatic carbocycles. The fraction of sp³-hybridized carbons (Fsp3) is 0.357. The van der Waals surface area contributed by atoms with Gasteiger partial charge in [0, 0.05) is 12.2 Å². The fourth-order valence-corrected chi connectivity index (χ4v) is 1.84. The van der Waals surface area contributed by atoms with E-state index < -0.39 is 0 Å². The summed E-state index contributed by atoms with van der Waals surface area (Å²) in [6.45, 7) is 7.34. The van der Waals surface area contributed by atoms with Gasteiger partial charge >= 0.3 is 0 Å². The zero-order valence-electron chi connectivity index (χ0n) is 12.5. The topological polar surface area (TPSA) is 81.1 Å². The third-order valence-corrected chi connectivity index (χ3v) is 3.17. The van der Waals surface area contributed by atoms with Crippen LogP contribution in [-0.2, 0) is 13.1 Å². The van der Waals surface area contributed by atoms with Crippen LogP contribution in [0.4, 0.5) is 5.69 Å². The van der Waals surface area contributed by atoms with E-state index in [0.717, 1.165) is 18.1 Å². The second-order valence-electron chi connectivity index (χ2n) is 4.62. The number of hydrogen-bond donors (Lipinski definition) is 2. The molecule has 0 spiro atoms. The number of nitrogens with zero attached hydrogens (tertiary/aromatic N) is 4. The molecule has 21 heavy (non-hydrogen) atoms. The van der Waals surface area contributed by atoms with E-state index in [1.165, 1.54) is 17.5 Å². The van der Waals surface area contributed by atoms with Crippen molar-refractivity contribution in [1.82, 2.24) is 14.8 Å². The normalized spacial score (nSPS) is 11.1. The summed E-state index contributed by atoms with van der Waals surface area (Å²) in [7, 11) is 0. The quantitative estimate of drug-likeness (QED) is 0.470. The number of guanidine groups is 1. The molecular formula is C14H21IN6. The summed E-state index contributed by atoms with van der Waals surface area (Å²) in [6, 6.07) is 6.09. The highest BCUT2D eigenvalue weighted by atomic mass is 127. The maximum Gasteiger partial charge on any atom is 0.193 e. The van der Waals surface area contributed by atoms with Crippen molar-refractivity contribution < 1.29 is 0 Å². The third kappa shape index (κ3) is 4.69. The van der Waals surface area contributed by atoms with Crippen molar-refractivity contribution in [3.63, 3.8) is 0 Å². The Balaban J connectivity index is 0.00000220. The van der Waals surface area contributed by atoms with Crippen LogP contribution in [-0.4, -0.2) is 20.7 Å². The molecule has 2 rings (SSSR count). The number of aryl methyl sites for hydroxylation is 3. The minimum Gasteiger partial charge on any atom is -0.370 e. The first-order valence-electron chi connectivity index (χ1n) is 6.61. The lowest BCUT2D eigenvalue weighted by molar-refractivity contribution is 0.616. The predicted molar refractivity (Wildman–Crippen MR) is 96.0 cm³/mol. The minimum atomic E-state index is 0. The molecule has 0 unspecified atom stereocenters. The van der Waals surface area contributed by atoms with Crippen LogP contribution in [0.1, 0.15) is 23.9 Å². The molecule has 7 heteroatoms. The fourth-order valence-electron chi connectivity index (χ4n) is 1.84. The summed E-state index contributed by atoms with van der Waals surface area (Å²) in [4.78, 5) is 8.44. The van der Waals surface area contributed by atoms with E-state index in [1.54, 1.807) is 4.68 Å². The van der Waals surface area contributed by atoms with Crippen molar-refractivity contribution in [2.45, 2.75) is 33.9 Å². The van der Waals surface area contributed by atoms with E-state index in [1.807, 2.05) is 19.1 Å². The standard InChI is InChI=1S/C14H20N6.HI/c1-4-20-13(17-9-18-20)8-16-14(15)19-12-6-5-10(2)11(3)7-12;/h5-7,9H,4,8H2,1-3H3,(H3,15,16,19);1H. The van der Waals surface area contributed by atoms with Gasteiger partial charge in [0.25, 0.3) is 0 Å².